The van der Waals surface area contributed by atoms with Crippen LogP contribution in [0, 0.1) is 10.1 Å². The molecule has 2 aromatic rings. The van der Waals surface area contributed by atoms with Crippen LogP contribution in [-0.4, -0.2) is 22.8 Å². The van der Waals surface area contributed by atoms with Crippen LogP contribution in [0.4, 0.5) is 5.69 Å². The molecule has 0 saturated heterocycles. The fraction of sp³-hybridized carbons (Fsp3) is 0.214. The van der Waals surface area contributed by atoms with Crippen molar-refractivity contribution >= 4 is 22.9 Å². The van der Waals surface area contributed by atoms with Gasteiger partial charge in [0.1, 0.15) is 0 Å². The molecule has 0 spiro atoms. The van der Waals surface area contributed by atoms with Crippen LogP contribution >= 0.6 is 11.3 Å². The molecular formula is C14H14N2O3S. The zero-order valence-electron chi connectivity index (χ0n) is 11.1. The second-order valence-corrected chi connectivity index (χ2v) is 5.39. The zero-order chi connectivity index (χ0) is 14.7. The van der Waals surface area contributed by atoms with E-state index in [9.17, 15) is 14.9 Å². The van der Waals surface area contributed by atoms with Gasteiger partial charge in [-0.05, 0) is 24.4 Å². The van der Waals surface area contributed by atoms with Crippen molar-refractivity contribution in [1.29, 1.82) is 0 Å². The van der Waals surface area contributed by atoms with Gasteiger partial charge in [-0.2, -0.15) is 0 Å². The van der Waals surface area contributed by atoms with E-state index in [1.165, 1.54) is 18.2 Å². The number of nitrogens with zero attached hydrogens (tertiary/aromatic N) is 2. The number of hydrogen-bond acceptors (Lipinski definition) is 4. The van der Waals surface area contributed by atoms with Crippen LogP contribution < -0.4 is 0 Å². The number of benzene rings is 1. The Hall–Kier alpha value is -2.21. The topological polar surface area (TPSA) is 63.5 Å². The minimum atomic E-state index is -0.501. The van der Waals surface area contributed by atoms with E-state index >= 15 is 0 Å². The molecule has 104 valence electrons. The summed E-state index contributed by atoms with van der Waals surface area (Å²) in [7, 11) is 1.70. The van der Waals surface area contributed by atoms with E-state index in [0.717, 1.165) is 4.88 Å². The van der Waals surface area contributed by atoms with Gasteiger partial charge in [0.15, 0.2) is 0 Å². The van der Waals surface area contributed by atoms with Gasteiger partial charge in [0.05, 0.1) is 11.0 Å². The van der Waals surface area contributed by atoms with E-state index in [1.54, 1.807) is 29.4 Å². The van der Waals surface area contributed by atoms with Gasteiger partial charge < -0.3 is 4.90 Å². The summed E-state index contributed by atoms with van der Waals surface area (Å²) in [4.78, 5) is 25.3. The minimum Gasteiger partial charge on any atom is -0.334 e. The molecule has 0 N–H and O–H groups in total. The van der Waals surface area contributed by atoms with E-state index in [2.05, 4.69) is 0 Å². The maximum absolute atomic E-state index is 12.4. The molecule has 0 fully saturated rings. The summed E-state index contributed by atoms with van der Waals surface area (Å²) < 4.78 is 0. The molecule has 1 aromatic heterocycles. The molecule has 0 unspecified atom stereocenters. The van der Waals surface area contributed by atoms with Crippen LogP contribution in [0.3, 0.4) is 0 Å². The lowest BCUT2D eigenvalue weighted by Crippen LogP contribution is -2.29. The normalized spacial score (nSPS) is 11.9. The highest BCUT2D eigenvalue weighted by molar-refractivity contribution is 7.10. The van der Waals surface area contributed by atoms with Crippen molar-refractivity contribution in [3.05, 3.63) is 62.3 Å². The van der Waals surface area contributed by atoms with E-state index < -0.39 is 4.92 Å². The Morgan fingerprint density at radius 3 is 2.70 bits per heavy atom. The molecule has 1 heterocycles. The number of hydrogen-bond donors (Lipinski definition) is 0. The number of amides is 1. The van der Waals surface area contributed by atoms with Gasteiger partial charge in [0.2, 0.25) is 0 Å². The third-order valence-electron chi connectivity index (χ3n) is 3.16. The lowest BCUT2D eigenvalue weighted by atomic mass is 10.1. The first kappa shape index (κ1) is 14.2. The molecular weight excluding hydrogens is 276 g/mol. The van der Waals surface area contributed by atoms with Crippen LogP contribution in [0.1, 0.15) is 28.2 Å². The first-order valence-corrected chi connectivity index (χ1v) is 6.93. The summed E-state index contributed by atoms with van der Waals surface area (Å²) in [6, 6.07) is 9.62. The number of nitro benzene ring substituents is 1. The lowest BCUT2D eigenvalue weighted by molar-refractivity contribution is -0.384. The number of carbonyl (C=O) groups excluding carboxylic acids is 1. The highest BCUT2D eigenvalue weighted by Gasteiger charge is 2.21. The van der Waals surface area contributed by atoms with Crippen LogP contribution in [0.15, 0.2) is 41.8 Å². The van der Waals surface area contributed by atoms with Gasteiger partial charge in [-0.15, -0.1) is 11.3 Å². The first-order valence-electron chi connectivity index (χ1n) is 6.05. The Balaban J connectivity index is 2.22. The monoisotopic (exact) mass is 290 g/mol. The van der Waals surface area contributed by atoms with Gasteiger partial charge in [-0.3, -0.25) is 14.9 Å². The number of non-ortho nitro benzene ring substituents is 1. The molecule has 0 radical (unpaired) electrons. The molecule has 0 bridgehead atoms. The maximum atomic E-state index is 12.4. The lowest BCUT2D eigenvalue weighted by Gasteiger charge is -2.24. The standard InChI is InChI=1S/C14H14N2O3S/c1-10(13-7-4-8-20-13)15(2)14(17)11-5-3-6-12(9-11)16(18)19/h3-10H,1-2H3/t10-/m0/s1. The van der Waals surface area contributed by atoms with E-state index in [0.29, 0.717) is 5.56 Å². The summed E-state index contributed by atoms with van der Waals surface area (Å²) in [6.45, 7) is 1.93. The molecule has 1 amide bonds. The largest absolute Gasteiger partial charge is 0.334 e. The van der Waals surface area contributed by atoms with Crippen molar-refractivity contribution in [2.75, 3.05) is 7.05 Å². The summed E-state index contributed by atoms with van der Waals surface area (Å²) in [6.07, 6.45) is 0. The summed E-state index contributed by atoms with van der Waals surface area (Å²) >= 11 is 1.58. The van der Waals surface area contributed by atoms with Crippen molar-refractivity contribution in [3.8, 4) is 0 Å². The predicted octanol–water partition coefficient (Wildman–Crippen LogP) is 3.49. The van der Waals surface area contributed by atoms with Gasteiger partial charge in [-0.1, -0.05) is 12.1 Å². The fourth-order valence-electron chi connectivity index (χ4n) is 1.85. The molecule has 0 aliphatic carbocycles. The third kappa shape index (κ3) is 2.85. The fourth-order valence-corrected chi connectivity index (χ4v) is 2.68. The molecule has 0 saturated carbocycles. The average Bonchev–Trinajstić information content (AvgIpc) is 2.99. The zero-order valence-corrected chi connectivity index (χ0v) is 12.0. The highest BCUT2D eigenvalue weighted by Crippen LogP contribution is 2.25. The van der Waals surface area contributed by atoms with Crippen LogP contribution in [0.25, 0.3) is 0 Å². The van der Waals surface area contributed by atoms with Crippen molar-refractivity contribution in [3.63, 3.8) is 0 Å². The Morgan fingerprint density at radius 1 is 1.35 bits per heavy atom. The Labute approximate surface area is 120 Å². The Bertz CT molecular complexity index is 625. The van der Waals surface area contributed by atoms with Gasteiger partial charge >= 0.3 is 0 Å². The average molecular weight is 290 g/mol. The first-order chi connectivity index (χ1) is 9.50. The van der Waals surface area contributed by atoms with Crippen molar-refractivity contribution in [1.82, 2.24) is 4.90 Å². The molecule has 5 nitrogen and oxygen atoms in total. The molecule has 0 aliphatic rings. The quantitative estimate of drug-likeness (QED) is 0.639. The highest BCUT2D eigenvalue weighted by atomic mass is 32.1. The van der Waals surface area contributed by atoms with E-state index in [4.69, 9.17) is 0 Å². The molecule has 0 aliphatic heterocycles. The van der Waals surface area contributed by atoms with Crippen LogP contribution in [-0.2, 0) is 0 Å². The van der Waals surface area contributed by atoms with E-state index in [-0.39, 0.29) is 17.6 Å². The van der Waals surface area contributed by atoms with Gasteiger partial charge in [-0.25, -0.2) is 0 Å². The molecule has 2 rings (SSSR count). The third-order valence-corrected chi connectivity index (χ3v) is 4.20. The van der Waals surface area contributed by atoms with Crippen LogP contribution in [0.5, 0.6) is 0 Å². The number of carbonyl (C=O) groups is 1. The van der Waals surface area contributed by atoms with Crippen molar-refractivity contribution in [2.45, 2.75) is 13.0 Å². The second-order valence-electron chi connectivity index (χ2n) is 4.41. The Morgan fingerprint density at radius 2 is 2.10 bits per heavy atom. The number of thiophene rings is 1. The van der Waals surface area contributed by atoms with E-state index in [1.807, 2.05) is 24.4 Å². The molecule has 1 atom stereocenters. The van der Waals surface area contributed by atoms with Crippen LogP contribution in [0.2, 0.25) is 0 Å². The second kappa shape index (κ2) is 5.83. The van der Waals surface area contributed by atoms with Crippen molar-refractivity contribution in [2.24, 2.45) is 0 Å². The number of rotatable bonds is 4. The molecule has 6 heteroatoms. The maximum Gasteiger partial charge on any atom is 0.270 e. The van der Waals surface area contributed by atoms with Gasteiger partial charge in [0, 0.05) is 29.6 Å². The van der Waals surface area contributed by atoms with Gasteiger partial charge in [0.25, 0.3) is 11.6 Å². The Kier molecular flexibility index (Phi) is 4.14. The predicted molar refractivity (Wildman–Crippen MR) is 77.9 cm³/mol. The smallest absolute Gasteiger partial charge is 0.270 e. The van der Waals surface area contributed by atoms with Crippen molar-refractivity contribution < 1.29 is 9.72 Å². The summed E-state index contributed by atoms with van der Waals surface area (Å²) in [5, 5.41) is 12.7. The summed E-state index contributed by atoms with van der Waals surface area (Å²) in [5.74, 6) is -0.227. The molecule has 20 heavy (non-hydrogen) atoms. The number of nitro groups is 1. The summed E-state index contributed by atoms with van der Waals surface area (Å²) in [5.41, 5.74) is 0.248. The minimum absolute atomic E-state index is 0.0678. The SMILES string of the molecule is C[C@@H](c1cccs1)N(C)C(=O)c1cccc([N+](=O)[O-])c1. The molecule has 1 aromatic carbocycles.